The van der Waals surface area contributed by atoms with Crippen LogP contribution in [0.1, 0.15) is 11.3 Å². The van der Waals surface area contributed by atoms with Crippen LogP contribution >= 0.6 is 15.9 Å². The summed E-state index contributed by atoms with van der Waals surface area (Å²) < 4.78 is 31.4. The first-order valence-electron chi connectivity index (χ1n) is 6.32. The van der Waals surface area contributed by atoms with Crippen LogP contribution in [0, 0.1) is 6.92 Å². The fourth-order valence-electron chi connectivity index (χ4n) is 1.72. The first-order chi connectivity index (χ1) is 9.80. The molecule has 1 aromatic heterocycles. The zero-order chi connectivity index (χ0) is 15.6. The Hall–Kier alpha value is -1.31. The Morgan fingerprint density at radius 1 is 1.24 bits per heavy atom. The first-order valence-corrected chi connectivity index (χ1v) is 8.55. The number of nitrogens with zero attached hydrogens (tertiary/aromatic N) is 1. The summed E-state index contributed by atoms with van der Waals surface area (Å²) in [6.45, 7) is 2.42. The Labute approximate surface area is 133 Å². The Balaban J connectivity index is 2.08. The largest absolute Gasteiger partial charge is 0.446 e. The molecule has 0 aliphatic heterocycles. The molecule has 0 spiro atoms. The molecule has 21 heavy (non-hydrogen) atoms. The molecule has 0 bridgehead atoms. The number of sulfonamides is 1. The van der Waals surface area contributed by atoms with E-state index in [1.54, 1.807) is 6.07 Å². The molecule has 1 heterocycles. The maximum atomic E-state index is 11.9. The minimum absolute atomic E-state index is 0.0451. The van der Waals surface area contributed by atoms with Crippen molar-refractivity contribution in [2.75, 3.05) is 19.4 Å². The third kappa shape index (κ3) is 3.66. The van der Waals surface area contributed by atoms with Crippen molar-refractivity contribution in [3.8, 4) is 0 Å². The fourth-order valence-corrected chi connectivity index (χ4v) is 2.77. The lowest BCUT2D eigenvalue weighted by Gasteiger charge is -2.08. The molecule has 0 unspecified atom stereocenters. The molecule has 7 heteroatoms. The third-order valence-electron chi connectivity index (χ3n) is 3.00. The topological polar surface area (TPSA) is 62.6 Å². The summed E-state index contributed by atoms with van der Waals surface area (Å²) in [5, 5.41) is 3.15. The van der Waals surface area contributed by atoms with Crippen molar-refractivity contribution < 1.29 is 12.8 Å². The predicted molar refractivity (Wildman–Crippen MR) is 85.8 cm³/mol. The van der Waals surface area contributed by atoms with Gasteiger partial charge in [-0.15, -0.1) is 0 Å². The van der Waals surface area contributed by atoms with Crippen molar-refractivity contribution in [2.45, 2.75) is 18.6 Å². The number of anilines is 1. The van der Waals surface area contributed by atoms with Gasteiger partial charge in [-0.1, -0.05) is 15.9 Å². The zero-order valence-corrected chi connectivity index (χ0v) is 14.5. The quantitative estimate of drug-likeness (QED) is 0.874. The van der Waals surface area contributed by atoms with Gasteiger partial charge in [0.15, 0.2) is 0 Å². The number of benzene rings is 1. The van der Waals surface area contributed by atoms with E-state index in [-0.39, 0.29) is 5.09 Å². The number of nitrogens with one attached hydrogen (secondary N) is 1. The van der Waals surface area contributed by atoms with Crippen molar-refractivity contribution in [3.63, 3.8) is 0 Å². The molecule has 5 nitrogen and oxygen atoms in total. The summed E-state index contributed by atoms with van der Waals surface area (Å²) in [7, 11) is -0.573. The van der Waals surface area contributed by atoms with Gasteiger partial charge in [0, 0.05) is 24.3 Å². The van der Waals surface area contributed by atoms with Gasteiger partial charge in [0.05, 0.1) is 6.54 Å². The summed E-state index contributed by atoms with van der Waals surface area (Å²) in [6.07, 6.45) is 0. The van der Waals surface area contributed by atoms with Gasteiger partial charge in [-0.3, -0.25) is 0 Å². The second kappa shape index (κ2) is 6.21. The van der Waals surface area contributed by atoms with E-state index in [0.29, 0.717) is 12.3 Å². The molecule has 0 radical (unpaired) electrons. The van der Waals surface area contributed by atoms with Crippen molar-refractivity contribution in [1.82, 2.24) is 4.31 Å². The molecule has 0 aliphatic carbocycles. The van der Waals surface area contributed by atoms with Gasteiger partial charge in [0.25, 0.3) is 10.0 Å². The first kappa shape index (κ1) is 16.1. The van der Waals surface area contributed by atoms with Crippen LogP contribution in [0.2, 0.25) is 0 Å². The predicted octanol–water partition coefficient (Wildman–Crippen LogP) is 3.21. The fraction of sp³-hybridized carbons (Fsp3) is 0.286. The summed E-state index contributed by atoms with van der Waals surface area (Å²) >= 11 is 3.45. The van der Waals surface area contributed by atoms with Crippen LogP contribution < -0.4 is 5.32 Å². The summed E-state index contributed by atoms with van der Waals surface area (Å²) in [5.41, 5.74) is 2.07. The van der Waals surface area contributed by atoms with Gasteiger partial charge in [0.1, 0.15) is 5.76 Å². The highest BCUT2D eigenvalue weighted by Crippen LogP contribution is 2.21. The minimum atomic E-state index is -3.52. The highest BCUT2D eigenvalue weighted by Gasteiger charge is 2.21. The minimum Gasteiger partial charge on any atom is -0.446 e. The van der Waals surface area contributed by atoms with Gasteiger partial charge in [-0.25, -0.2) is 12.7 Å². The van der Waals surface area contributed by atoms with Crippen LogP contribution in [0.5, 0.6) is 0 Å². The van der Waals surface area contributed by atoms with Gasteiger partial charge in [-0.05, 0) is 42.8 Å². The number of aryl methyl sites for hydroxylation is 1. The molecular weight excluding hydrogens is 356 g/mol. The van der Waals surface area contributed by atoms with Crippen LogP contribution in [0.3, 0.4) is 0 Å². The van der Waals surface area contributed by atoms with Gasteiger partial charge >= 0.3 is 0 Å². The standard InChI is InChI=1S/C14H17BrN2O3S/c1-10-8-11(4-6-13(10)15)16-9-12-5-7-14(20-12)21(18,19)17(2)3/h4-8,16H,9H2,1-3H3. The van der Waals surface area contributed by atoms with Crippen LogP contribution in [0.15, 0.2) is 44.3 Å². The molecule has 2 rings (SSSR count). The highest BCUT2D eigenvalue weighted by atomic mass is 79.9. The molecule has 114 valence electrons. The lowest BCUT2D eigenvalue weighted by atomic mass is 10.2. The van der Waals surface area contributed by atoms with E-state index in [9.17, 15) is 8.42 Å². The third-order valence-corrected chi connectivity index (χ3v) is 5.58. The molecule has 0 amide bonds. The van der Waals surface area contributed by atoms with Crippen molar-refractivity contribution in [1.29, 1.82) is 0 Å². The van der Waals surface area contributed by atoms with Crippen LogP contribution in [0.25, 0.3) is 0 Å². The number of furan rings is 1. The van der Waals surface area contributed by atoms with Crippen molar-refractivity contribution in [3.05, 3.63) is 46.1 Å². The van der Waals surface area contributed by atoms with Crippen molar-refractivity contribution >= 4 is 31.6 Å². The van der Waals surface area contributed by atoms with Crippen molar-refractivity contribution in [2.24, 2.45) is 0 Å². The number of hydrogen-bond acceptors (Lipinski definition) is 4. The molecular formula is C14H17BrN2O3S. The highest BCUT2D eigenvalue weighted by molar-refractivity contribution is 9.10. The van der Waals surface area contributed by atoms with E-state index < -0.39 is 10.0 Å². The molecule has 1 aromatic carbocycles. The van der Waals surface area contributed by atoms with Gasteiger partial charge in [-0.2, -0.15) is 0 Å². The maximum absolute atomic E-state index is 11.9. The van der Waals surface area contributed by atoms with Crippen LogP contribution in [0.4, 0.5) is 5.69 Å². The van der Waals surface area contributed by atoms with E-state index in [1.165, 1.54) is 20.2 Å². The molecule has 0 saturated carbocycles. The molecule has 1 N–H and O–H groups in total. The van der Waals surface area contributed by atoms with Crippen LogP contribution in [-0.4, -0.2) is 26.8 Å². The second-order valence-electron chi connectivity index (χ2n) is 4.83. The molecule has 0 saturated heterocycles. The lowest BCUT2D eigenvalue weighted by Crippen LogP contribution is -2.21. The Kier molecular flexibility index (Phi) is 4.75. The smallest absolute Gasteiger partial charge is 0.275 e. The normalized spacial score (nSPS) is 11.9. The number of hydrogen-bond donors (Lipinski definition) is 1. The van der Waals surface area contributed by atoms with Crippen LogP contribution in [-0.2, 0) is 16.6 Å². The number of rotatable bonds is 5. The van der Waals surface area contributed by atoms with Gasteiger partial charge < -0.3 is 9.73 Å². The molecule has 0 fully saturated rings. The maximum Gasteiger partial charge on any atom is 0.275 e. The van der Waals surface area contributed by atoms with E-state index in [0.717, 1.165) is 20.0 Å². The van der Waals surface area contributed by atoms with E-state index in [2.05, 4.69) is 21.2 Å². The second-order valence-corrected chi connectivity index (χ2v) is 7.76. The molecule has 2 aromatic rings. The summed E-state index contributed by atoms with van der Waals surface area (Å²) in [6, 6.07) is 9.04. The van der Waals surface area contributed by atoms with E-state index in [1.807, 2.05) is 25.1 Å². The Morgan fingerprint density at radius 2 is 1.95 bits per heavy atom. The van der Waals surface area contributed by atoms with E-state index in [4.69, 9.17) is 4.42 Å². The summed E-state index contributed by atoms with van der Waals surface area (Å²) in [5.74, 6) is 0.566. The zero-order valence-electron chi connectivity index (χ0n) is 12.1. The molecule has 0 atom stereocenters. The Bertz CT molecular complexity index is 738. The van der Waals surface area contributed by atoms with Gasteiger partial charge in [0.2, 0.25) is 5.09 Å². The Morgan fingerprint density at radius 3 is 2.57 bits per heavy atom. The van der Waals surface area contributed by atoms with E-state index >= 15 is 0 Å². The molecule has 0 aliphatic rings. The summed E-state index contributed by atoms with van der Waals surface area (Å²) in [4.78, 5) is 0. The SMILES string of the molecule is Cc1cc(NCc2ccc(S(=O)(=O)N(C)C)o2)ccc1Br. The number of halogens is 1. The average molecular weight is 373 g/mol. The average Bonchev–Trinajstić information content (AvgIpc) is 2.89. The lowest BCUT2D eigenvalue weighted by molar-refractivity contribution is 0.402. The monoisotopic (exact) mass is 372 g/mol.